The third-order valence-corrected chi connectivity index (χ3v) is 15.3. The van der Waals surface area contributed by atoms with Gasteiger partial charge in [0.1, 0.15) is 13.2 Å². The van der Waals surface area contributed by atoms with Crippen LogP contribution in [0.4, 0.5) is 0 Å². The summed E-state index contributed by atoms with van der Waals surface area (Å²) in [6, 6.07) is 0. The van der Waals surface area contributed by atoms with Gasteiger partial charge in [0.2, 0.25) is 0 Å². The number of allylic oxidation sites excluding steroid dienone is 16. The van der Waals surface area contributed by atoms with Crippen LogP contribution in [0.25, 0.3) is 0 Å². The Kier molecular flexibility index (Phi) is 66.7. The fourth-order valence-electron chi connectivity index (χ4n) is 10.0. The largest absolute Gasteiger partial charge is 0.462 e. The van der Waals surface area contributed by atoms with E-state index >= 15 is 0 Å². The Bertz CT molecular complexity index is 1590. The molecule has 1 atom stereocenters. The monoisotopic (exact) mass is 1140 g/mol. The molecule has 0 saturated heterocycles. The first-order valence-electron chi connectivity index (χ1n) is 35.2. The van der Waals surface area contributed by atoms with Gasteiger partial charge in [-0.3, -0.25) is 14.4 Å². The molecule has 0 heterocycles. The topological polar surface area (TPSA) is 78.9 Å². The van der Waals surface area contributed by atoms with Crippen molar-refractivity contribution in [2.75, 3.05) is 13.2 Å². The molecule has 82 heavy (non-hydrogen) atoms. The lowest BCUT2D eigenvalue weighted by atomic mass is 10.0. The minimum atomic E-state index is -0.789. The average molecular weight is 1140 g/mol. The number of rotatable bonds is 64. The highest BCUT2D eigenvalue weighted by atomic mass is 16.6. The Labute approximate surface area is 508 Å². The van der Waals surface area contributed by atoms with Gasteiger partial charge in [-0.15, -0.1) is 0 Å². The van der Waals surface area contributed by atoms with Gasteiger partial charge in [0.25, 0.3) is 0 Å². The molecule has 0 aliphatic rings. The van der Waals surface area contributed by atoms with Gasteiger partial charge in [0.15, 0.2) is 6.10 Å². The lowest BCUT2D eigenvalue weighted by Gasteiger charge is -2.18. The van der Waals surface area contributed by atoms with E-state index in [-0.39, 0.29) is 31.1 Å². The van der Waals surface area contributed by atoms with Crippen molar-refractivity contribution in [3.8, 4) is 0 Å². The number of hydrogen-bond acceptors (Lipinski definition) is 6. The van der Waals surface area contributed by atoms with Crippen LogP contribution in [-0.2, 0) is 28.6 Å². The summed E-state index contributed by atoms with van der Waals surface area (Å²) >= 11 is 0. The van der Waals surface area contributed by atoms with Crippen molar-refractivity contribution in [2.45, 2.75) is 354 Å². The van der Waals surface area contributed by atoms with Crippen molar-refractivity contribution in [2.24, 2.45) is 0 Å². The number of hydrogen-bond donors (Lipinski definition) is 0. The first kappa shape index (κ1) is 78.3. The summed E-state index contributed by atoms with van der Waals surface area (Å²) in [6.07, 6.45) is 94.5. The van der Waals surface area contributed by atoms with Crippen molar-refractivity contribution < 1.29 is 28.6 Å². The third-order valence-electron chi connectivity index (χ3n) is 15.3. The summed E-state index contributed by atoms with van der Waals surface area (Å²) < 4.78 is 16.9. The minimum absolute atomic E-state index is 0.0839. The highest BCUT2D eigenvalue weighted by Crippen LogP contribution is 2.18. The van der Waals surface area contributed by atoms with Gasteiger partial charge in [-0.05, 0) is 116 Å². The summed E-state index contributed by atoms with van der Waals surface area (Å²) in [4.78, 5) is 38.3. The number of carbonyl (C=O) groups excluding carboxylic acids is 3. The Morgan fingerprint density at radius 2 is 0.500 bits per heavy atom. The van der Waals surface area contributed by atoms with Gasteiger partial charge in [0, 0.05) is 19.3 Å². The molecule has 0 aromatic rings. The molecule has 472 valence electrons. The molecule has 1 unspecified atom stereocenters. The van der Waals surface area contributed by atoms with Gasteiger partial charge in [-0.2, -0.15) is 0 Å². The zero-order valence-corrected chi connectivity index (χ0v) is 54.2. The predicted molar refractivity (Wildman–Crippen MR) is 357 cm³/mol. The quantitative estimate of drug-likeness (QED) is 0.0261. The van der Waals surface area contributed by atoms with E-state index in [1.807, 2.05) is 0 Å². The Morgan fingerprint density at radius 3 is 0.793 bits per heavy atom. The van der Waals surface area contributed by atoms with Crippen molar-refractivity contribution in [3.05, 3.63) is 97.2 Å². The Hall–Kier alpha value is -3.67. The number of carbonyl (C=O) groups is 3. The molecule has 6 nitrogen and oxygen atoms in total. The van der Waals surface area contributed by atoms with E-state index in [0.29, 0.717) is 19.3 Å². The van der Waals surface area contributed by atoms with E-state index in [4.69, 9.17) is 14.2 Å². The summed E-state index contributed by atoms with van der Waals surface area (Å²) in [5.74, 6) is -0.897. The normalized spacial score (nSPS) is 12.7. The second-order valence-electron chi connectivity index (χ2n) is 23.4. The molecule has 0 amide bonds. The first-order valence-corrected chi connectivity index (χ1v) is 35.2. The zero-order valence-electron chi connectivity index (χ0n) is 54.2. The molecule has 0 N–H and O–H groups in total. The number of esters is 3. The number of ether oxygens (including phenoxy) is 3. The maximum atomic E-state index is 12.9. The minimum Gasteiger partial charge on any atom is -0.462 e. The van der Waals surface area contributed by atoms with Gasteiger partial charge in [-0.25, -0.2) is 0 Å². The molecule has 0 aromatic carbocycles. The van der Waals surface area contributed by atoms with Crippen LogP contribution in [0.2, 0.25) is 0 Å². The van der Waals surface area contributed by atoms with Gasteiger partial charge in [0.05, 0.1) is 0 Å². The second kappa shape index (κ2) is 69.8. The second-order valence-corrected chi connectivity index (χ2v) is 23.4. The highest BCUT2D eigenvalue weighted by molar-refractivity contribution is 5.71. The fraction of sp³-hybridized carbons (Fsp3) is 0.750. The van der Waals surface area contributed by atoms with E-state index < -0.39 is 6.10 Å². The highest BCUT2D eigenvalue weighted by Gasteiger charge is 2.19. The summed E-state index contributed by atoms with van der Waals surface area (Å²) in [5, 5.41) is 0. The van der Waals surface area contributed by atoms with Crippen LogP contribution in [0, 0.1) is 0 Å². The third kappa shape index (κ3) is 67.1. The standard InChI is InChI=1S/C76H132O6/c1-4-7-10-13-16-19-22-25-27-29-30-31-32-33-34-35-36-37-38-39-40-41-42-43-44-45-46-47-49-51-54-57-60-63-66-69-75(78)81-72-73(71-80-74(77)68-65-62-59-56-53-50-24-21-18-15-12-9-6-3)82-76(79)70-67-64-61-58-55-52-48-28-26-23-20-17-14-11-8-5-2/h7,10,12,15-16,19-21,23-25,27-28,30-31,48,73H,4-6,8-9,11,13-14,17-18,22,26,29,32-47,49-72H2,1-3H3/b10-7-,15-12-,19-16-,23-20-,24-21-,27-25-,31-30-,48-28-. The van der Waals surface area contributed by atoms with Crippen molar-refractivity contribution >= 4 is 17.9 Å². The lowest BCUT2D eigenvalue weighted by Crippen LogP contribution is -2.30. The van der Waals surface area contributed by atoms with Crippen molar-refractivity contribution in [3.63, 3.8) is 0 Å². The molecule has 6 heteroatoms. The Morgan fingerprint density at radius 1 is 0.256 bits per heavy atom. The van der Waals surface area contributed by atoms with Crippen LogP contribution in [0.3, 0.4) is 0 Å². The molecule has 0 saturated carbocycles. The molecule has 0 aromatic heterocycles. The number of unbranched alkanes of at least 4 members (excludes halogenated alkanes) is 37. The van der Waals surface area contributed by atoms with Crippen molar-refractivity contribution in [1.82, 2.24) is 0 Å². The maximum absolute atomic E-state index is 12.9. The zero-order chi connectivity index (χ0) is 59.2. The van der Waals surface area contributed by atoms with Crippen LogP contribution in [-0.4, -0.2) is 37.2 Å². The fourth-order valence-corrected chi connectivity index (χ4v) is 10.0. The molecule has 0 radical (unpaired) electrons. The van der Waals surface area contributed by atoms with E-state index in [2.05, 4.69) is 118 Å². The average Bonchev–Trinajstić information content (AvgIpc) is 3.47. The molecular weight excluding hydrogens is 1010 g/mol. The van der Waals surface area contributed by atoms with E-state index in [1.165, 1.54) is 167 Å². The van der Waals surface area contributed by atoms with E-state index in [9.17, 15) is 14.4 Å². The van der Waals surface area contributed by atoms with Crippen LogP contribution in [0.1, 0.15) is 348 Å². The van der Waals surface area contributed by atoms with E-state index in [0.717, 1.165) is 141 Å². The SMILES string of the molecule is CC/C=C\C/C=C\C/C=C\C/C=C\CCCCCCCCCCCCCCCCCCCCCCCCC(=O)OCC(COC(=O)CCCCCCC/C=C\C/C=C\CCC)OC(=O)CCCCCCC/C=C\C/C=C\CCCCCC. The maximum Gasteiger partial charge on any atom is 0.306 e. The smallest absolute Gasteiger partial charge is 0.306 e. The summed E-state index contributed by atoms with van der Waals surface area (Å²) in [5.41, 5.74) is 0. The van der Waals surface area contributed by atoms with Gasteiger partial charge in [-0.1, -0.05) is 311 Å². The van der Waals surface area contributed by atoms with Crippen molar-refractivity contribution in [1.29, 1.82) is 0 Å². The molecule has 0 bridgehead atoms. The lowest BCUT2D eigenvalue weighted by molar-refractivity contribution is -0.167. The molecular formula is C76H132O6. The summed E-state index contributed by atoms with van der Waals surface area (Å²) in [7, 11) is 0. The molecule has 0 aliphatic heterocycles. The van der Waals surface area contributed by atoms with Crippen LogP contribution >= 0.6 is 0 Å². The molecule has 0 spiro atoms. The van der Waals surface area contributed by atoms with Crippen LogP contribution in [0.15, 0.2) is 97.2 Å². The first-order chi connectivity index (χ1) is 40.5. The molecule has 0 fully saturated rings. The predicted octanol–water partition coefficient (Wildman–Crippen LogP) is 24.4. The van der Waals surface area contributed by atoms with Crippen LogP contribution in [0.5, 0.6) is 0 Å². The Balaban J connectivity index is 4.11. The van der Waals surface area contributed by atoms with Gasteiger partial charge >= 0.3 is 17.9 Å². The van der Waals surface area contributed by atoms with Gasteiger partial charge < -0.3 is 14.2 Å². The molecule has 0 aliphatic carbocycles. The molecule has 0 rings (SSSR count). The summed E-state index contributed by atoms with van der Waals surface area (Å²) in [6.45, 7) is 6.46. The van der Waals surface area contributed by atoms with E-state index in [1.54, 1.807) is 0 Å². The van der Waals surface area contributed by atoms with Crippen LogP contribution < -0.4 is 0 Å².